The number of benzene rings is 1. The first-order valence-corrected chi connectivity index (χ1v) is 5.23. The molecular formula is C12H14FN3. The standard InChI is InChI=1S/C12H14FN3/c13-11-3-1-10(2-4-11)5-6-16-8-12(7-14)15-9-16/h1-4,8-9H,5-7,14H2. The molecule has 84 valence electrons. The Morgan fingerprint density at radius 2 is 2.00 bits per heavy atom. The lowest BCUT2D eigenvalue weighted by molar-refractivity contribution is 0.625. The number of nitrogens with two attached hydrogens (primary N) is 1. The van der Waals surface area contributed by atoms with Gasteiger partial charge in [0, 0.05) is 19.3 Å². The van der Waals surface area contributed by atoms with E-state index in [-0.39, 0.29) is 5.82 Å². The lowest BCUT2D eigenvalue weighted by Crippen LogP contribution is -1.99. The highest BCUT2D eigenvalue weighted by Crippen LogP contribution is 2.05. The van der Waals surface area contributed by atoms with E-state index < -0.39 is 0 Å². The summed E-state index contributed by atoms with van der Waals surface area (Å²) in [5.74, 6) is -0.197. The summed E-state index contributed by atoms with van der Waals surface area (Å²) >= 11 is 0. The molecule has 16 heavy (non-hydrogen) atoms. The maximum absolute atomic E-state index is 12.7. The molecule has 2 rings (SSSR count). The smallest absolute Gasteiger partial charge is 0.123 e. The Hall–Kier alpha value is -1.68. The van der Waals surface area contributed by atoms with Gasteiger partial charge in [-0.3, -0.25) is 0 Å². The van der Waals surface area contributed by atoms with Gasteiger partial charge in [-0.2, -0.15) is 0 Å². The highest BCUT2D eigenvalue weighted by molar-refractivity contribution is 5.16. The van der Waals surface area contributed by atoms with E-state index in [0.717, 1.165) is 24.2 Å². The topological polar surface area (TPSA) is 43.8 Å². The van der Waals surface area contributed by atoms with Gasteiger partial charge in [-0.15, -0.1) is 0 Å². The molecule has 0 fully saturated rings. The monoisotopic (exact) mass is 219 g/mol. The van der Waals surface area contributed by atoms with Gasteiger partial charge in [-0.25, -0.2) is 9.37 Å². The van der Waals surface area contributed by atoms with Crippen molar-refractivity contribution in [2.24, 2.45) is 5.73 Å². The van der Waals surface area contributed by atoms with Crippen molar-refractivity contribution >= 4 is 0 Å². The van der Waals surface area contributed by atoms with Crippen LogP contribution in [0.25, 0.3) is 0 Å². The van der Waals surface area contributed by atoms with Crippen LogP contribution >= 0.6 is 0 Å². The van der Waals surface area contributed by atoms with E-state index in [0.29, 0.717) is 6.54 Å². The largest absolute Gasteiger partial charge is 0.337 e. The zero-order valence-corrected chi connectivity index (χ0v) is 8.94. The third-order valence-corrected chi connectivity index (χ3v) is 2.47. The quantitative estimate of drug-likeness (QED) is 0.851. The maximum Gasteiger partial charge on any atom is 0.123 e. The predicted molar refractivity (Wildman–Crippen MR) is 60.2 cm³/mol. The van der Waals surface area contributed by atoms with E-state index in [2.05, 4.69) is 4.98 Å². The molecule has 0 saturated heterocycles. The van der Waals surface area contributed by atoms with Crippen LogP contribution in [0.2, 0.25) is 0 Å². The Morgan fingerprint density at radius 3 is 2.62 bits per heavy atom. The second kappa shape index (κ2) is 4.90. The summed E-state index contributed by atoms with van der Waals surface area (Å²) in [7, 11) is 0. The van der Waals surface area contributed by atoms with Gasteiger partial charge >= 0.3 is 0 Å². The molecule has 0 saturated carbocycles. The normalized spacial score (nSPS) is 10.6. The van der Waals surface area contributed by atoms with Crippen LogP contribution < -0.4 is 5.73 Å². The average Bonchev–Trinajstić information content (AvgIpc) is 2.76. The molecule has 0 unspecified atom stereocenters. The van der Waals surface area contributed by atoms with Crippen LogP contribution in [0.15, 0.2) is 36.8 Å². The summed E-state index contributed by atoms with van der Waals surface area (Å²) in [5, 5.41) is 0. The third kappa shape index (κ3) is 2.67. The lowest BCUT2D eigenvalue weighted by atomic mass is 10.1. The van der Waals surface area contributed by atoms with Crippen molar-refractivity contribution in [3.8, 4) is 0 Å². The van der Waals surface area contributed by atoms with Crippen LogP contribution in [-0.4, -0.2) is 9.55 Å². The molecule has 1 aromatic heterocycles. The van der Waals surface area contributed by atoms with Gasteiger partial charge in [0.05, 0.1) is 12.0 Å². The summed E-state index contributed by atoms with van der Waals surface area (Å²) in [6, 6.07) is 6.56. The highest BCUT2D eigenvalue weighted by Gasteiger charge is 1.98. The first-order chi connectivity index (χ1) is 7.78. The molecule has 0 radical (unpaired) electrons. The Morgan fingerprint density at radius 1 is 1.25 bits per heavy atom. The average molecular weight is 219 g/mol. The number of rotatable bonds is 4. The second-order valence-electron chi connectivity index (χ2n) is 3.68. The van der Waals surface area contributed by atoms with E-state index in [9.17, 15) is 4.39 Å². The van der Waals surface area contributed by atoms with E-state index in [4.69, 9.17) is 5.73 Å². The van der Waals surface area contributed by atoms with Crippen LogP contribution in [0, 0.1) is 5.82 Å². The first-order valence-electron chi connectivity index (χ1n) is 5.23. The van der Waals surface area contributed by atoms with Crippen molar-refractivity contribution in [3.63, 3.8) is 0 Å². The Labute approximate surface area is 93.7 Å². The van der Waals surface area contributed by atoms with Crippen molar-refractivity contribution in [3.05, 3.63) is 53.9 Å². The van der Waals surface area contributed by atoms with Crippen LogP contribution in [0.1, 0.15) is 11.3 Å². The zero-order chi connectivity index (χ0) is 11.4. The van der Waals surface area contributed by atoms with Gasteiger partial charge in [0.1, 0.15) is 5.82 Å². The van der Waals surface area contributed by atoms with Crippen molar-refractivity contribution in [2.75, 3.05) is 0 Å². The molecule has 0 amide bonds. The fraction of sp³-hybridized carbons (Fsp3) is 0.250. The molecule has 2 N–H and O–H groups in total. The molecule has 0 aliphatic rings. The predicted octanol–water partition coefficient (Wildman–Crippen LogP) is 1.72. The second-order valence-corrected chi connectivity index (χ2v) is 3.68. The molecule has 0 aliphatic carbocycles. The number of hydrogen-bond acceptors (Lipinski definition) is 2. The van der Waals surface area contributed by atoms with E-state index in [1.54, 1.807) is 18.5 Å². The van der Waals surface area contributed by atoms with Crippen molar-refractivity contribution in [1.82, 2.24) is 9.55 Å². The summed E-state index contributed by atoms with van der Waals surface area (Å²) in [6.45, 7) is 1.29. The zero-order valence-electron chi connectivity index (χ0n) is 8.94. The molecule has 0 bridgehead atoms. The van der Waals surface area contributed by atoms with E-state index >= 15 is 0 Å². The van der Waals surface area contributed by atoms with Gasteiger partial charge in [0.15, 0.2) is 0 Å². The number of imidazole rings is 1. The number of aryl methyl sites for hydroxylation is 2. The van der Waals surface area contributed by atoms with Gasteiger partial charge < -0.3 is 10.3 Å². The SMILES string of the molecule is NCc1cn(CCc2ccc(F)cc2)cn1. The van der Waals surface area contributed by atoms with Gasteiger partial charge in [0.2, 0.25) is 0 Å². The molecule has 3 nitrogen and oxygen atoms in total. The fourth-order valence-electron chi connectivity index (χ4n) is 1.54. The van der Waals surface area contributed by atoms with Crippen LogP contribution in [0.3, 0.4) is 0 Å². The summed E-state index contributed by atoms with van der Waals surface area (Å²) in [5.41, 5.74) is 7.47. The lowest BCUT2D eigenvalue weighted by Gasteiger charge is -2.02. The Balaban J connectivity index is 1.94. The molecule has 0 spiro atoms. The molecule has 0 aliphatic heterocycles. The Kier molecular flexibility index (Phi) is 3.31. The van der Waals surface area contributed by atoms with Crippen LogP contribution in [0.4, 0.5) is 4.39 Å². The van der Waals surface area contributed by atoms with E-state index in [1.807, 2.05) is 10.8 Å². The van der Waals surface area contributed by atoms with Gasteiger partial charge in [0.25, 0.3) is 0 Å². The fourth-order valence-corrected chi connectivity index (χ4v) is 1.54. The number of nitrogens with zero attached hydrogens (tertiary/aromatic N) is 2. The third-order valence-electron chi connectivity index (χ3n) is 2.47. The minimum atomic E-state index is -0.197. The molecule has 0 atom stereocenters. The summed E-state index contributed by atoms with van der Waals surface area (Å²) in [4.78, 5) is 4.14. The summed E-state index contributed by atoms with van der Waals surface area (Å²) < 4.78 is 14.7. The number of hydrogen-bond donors (Lipinski definition) is 1. The highest BCUT2D eigenvalue weighted by atomic mass is 19.1. The Bertz CT molecular complexity index is 448. The minimum Gasteiger partial charge on any atom is -0.337 e. The van der Waals surface area contributed by atoms with Gasteiger partial charge in [-0.1, -0.05) is 12.1 Å². The first kappa shape index (κ1) is 10.8. The van der Waals surface area contributed by atoms with Crippen LogP contribution in [0.5, 0.6) is 0 Å². The maximum atomic E-state index is 12.7. The summed E-state index contributed by atoms with van der Waals surface area (Å²) in [6.07, 6.45) is 4.57. The van der Waals surface area contributed by atoms with Gasteiger partial charge in [-0.05, 0) is 24.1 Å². The van der Waals surface area contributed by atoms with Crippen molar-refractivity contribution in [2.45, 2.75) is 19.5 Å². The van der Waals surface area contributed by atoms with Crippen LogP contribution in [-0.2, 0) is 19.5 Å². The van der Waals surface area contributed by atoms with E-state index in [1.165, 1.54) is 12.1 Å². The molecule has 4 heteroatoms. The van der Waals surface area contributed by atoms with Crippen molar-refractivity contribution in [1.29, 1.82) is 0 Å². The number of aromatic nitrogens is 2. The van der Waals surface area contributed by atoms with Crippen molar-refractivity contribution < 1.29 is 4.39 Å². The molecule has 2 aromatic rings. The number of halogens is 1. The molecular weight excluding hydrogens is 205 g/mol. The minimum absolute atomic E-state index is 0.197. The molecule has 1 heterocycles. The molecule has 1 aromatic carbocycles.